The predicted octanol–water partition coefficient (Wildman–Crippen LogP) is 4.77. The van der Waals surface area contributed by atoms with Gasteiger partial charge in [0.25, 0.3) is 0 Å². The number of fused-ring (bicyclic) bond motifs is 3. The number of nitrogens with zero attached hydrogens (tertiary/aromatic N) is 3. The molecule has 0 fully saturated rings. The number of benzene rings is 2. The Balaban J connectivity index is 1.69. The second kappa shape index (κ2) is 7.55. The van der Waals surface area contributed by atoms with Gasteiger partial charge in [-0.15, -0.1) is 0 Å². The average Bonchev–Trinajstić information content (AvgIpc) is 3.06. The highest BCUT2D eigenvalue weighted by Gasteiger charge is 2.42. The highest BCUT2D eigenvalue weighted by molar-refractivity contribution is 5.98. The van der Waals surface area contributed by atoms with E-state index < -0.39 is 0 Å². The van der Waals surface area contributed by atoms with Gasteiger partial charge in [-0.05, 0) is 30.0 Å². The predicted molar refractivity (Wildman–Crippen MR) is 113 cm³/mol. The maximum Gasteiger partial charge on any atom is 0.134 e. The van der Waals surface area contributed by atoms with Crippen LogP contribution in [-0.4, -0.2) is 22.6 Å². The molecule has 2 aliphatic heterocycles. The van der Waals surface area contributed by atoms with Gasteiger partial charge in [-0.3, -0.25) is 4.99 Å². The third-order valence-corrected chi connectivity index (χ3v) is 5.60. The molecule has 4 nitrogen and oxygen atoms in total. The maximum absolute atomic E-state index is 6.34. The smallest absolute Gasteiger partial charge is 0.134 e. The Kier molecular flexibility index (Phi) is 4.97. The summed E-state index contributed by atoms with van der Waals surface area (Å²) in [5.41, 5.74) is 11.2. The van der Waals surface area contributed by atoms with E-state index in [1.807, 2.05) is 6.07 Å². The van der Waals surface area contributed by atoms with E-state index in [-0.39, 0.29) is 12.1 Å². The average molecular weight is 361 g/mol. The Morgan fingerprint density at radius 1 is 1.00 bits per heavy atom. The van der Waals surface area contributed by atoms with E-state index in [0.29, 0.717) is 5.84 Å². The van der Waals surface area contributed by atoms with Crippen LogP contribution in [0, 0.1) is 0 Å². The van der Waals surface area contributed by atoms with Crippen LogP contribution in [0.25, 0.3) is 0 Å². The third-order valence-electron chi connectivity index (χ3n) is 5.60. The number of para-hydroxylation sites is 1. The van der Waals surface area contributed by atoms with Gasteiger partial charge in [-0.2, -0.15) is 0 Å². The van der Waals surface area contributed by atoms with E-state index in [1.165, 1.54) is 22.5 Å². The van der Waals surface area contributed by atoms with Gasteiger partial charge in [0, 0.05) is 18.5 Å². The molecule has 0 saturated heterocycles. The second-order valence-electron chi connectivity index (χ2n) is 7.43. The molecule has 2 atom stereocenters. The fourth-order valence-electron chi connectivity index (χ4n) is 4.06. The number of amidine groups is 2. The Morgan fingerprint density at radius 3 is 2.48 bits per heavy atom. The Morgan fingerprint density at radius 2 is 1.74 bits per heavy atom. The lowest BCUT2D eigenvalue weighted by Crippen LogP contribution is -2.39. The molecule has 4 heteroatoms. The molecule has 2 aromatic carbocycles. The van der Waals surface area contributed by atoms with Crippen molar-refractivity contribution in [3.63, 3.8) is 0 Å². The fraction of sp³-hybridized carbons (Fsp3) is 0.391. The fourth-order valence-corrected chi connectivity index (χ4v) is 4.06. The molecular formula is C23H28N4. The number of aryl methyl sites for hydroxylation is 1. The van der Waals surface area contributed by atoms with Crippen molar-refractivity contribution in [2.24, 2.45) is 15.7 Å². The van der Waals surface area contributed by atoms with Crippen molar-refractivity contribution < 1.29 is 0 Å². The zero-order valence-electron chi connectivity index (χ0n) is 16.2. The minimum Gasteiger partial charge on any atom is -0.385 e. The lowest BCUT2D eigenvalue weighted by atomic mass is 9.93. The molecule has 2 heterocycles. The molecule has 0 aliphatic carbocycles. The van der Waals surface area contributed by atoms with Gasteiger partial charge in [0.1, 0.15) is 17.7 Å². The number of hydrogen-bond donors (Lipinski definition) is 1. The van der Waals surface area contributed by atoms with Gasteiger partial charge in [-0.1, -0.05) is 62.7 Å². The first kappa shape index (κ1) is 17.8. The van der Waals surface area contributed by atoms with Crippen LogP contribution in [0.2, 0.25) is 0 Å². The summed E-state index contributed by atoms with van der Waals surface area (Å²) in [5, 5.41) is 0. The molecular weight excluding hydrogens is 332 g/mol. The van der Waals surface area contributed by atoms with Crippen LogP contribution in [0.3, 0.4) is 0 Å². The van der Waals surface area contributed by atoms with Gasteiger partial charge < -0.3 is 10.6 Å². The van der Waals surface area contributed by atoms with E-state index >= 15 is 0 Å². The third kappa shape index (κ3) is 3.36. The highest BCUT2D eigenvalue weighted by Crippen LogP contribution is 2.42. The molecule has 2 aromatic rings. The first-order valence-electron chi connectivity index (χ1n) is 10.1. The Hall–Kier alpha value is -2.62. The van der Waals surface area contributed by atoms with Gasteiger partial charge in [0.15, 0.2) is 0 Å². The zero-order chi connectivity index (χ0) is 18.8. The van der Waals surface area contributed by atoms with Crippen LogP contribution in [0.5, 0.6) is 0 Å². The quantitative estimate of drug-likeness (QED) is 0.807. The summed E-state index contributed by atoms with van der Waals surface area (Å²) in [6.07, 6.45) is 4.36. The molecule has 140 valence electrons. The minimum atomic E-state index is -0.0679. The summed E-state index contributed by atoms with van der Waals surface area (Å²) >= 11 is 0. The van der Waals surface area contributed by atoms with Crippen molar-refractivity contribution in [3.05, 3.63) is 65.2 Å². The van der Waals surface area contributed by atoms with Crippen LogP contribution < -0.4 is 5.73 Å². The van der Waals surface area contributed by atoms with Gasteiger partial charge in [-0.25, -0.2) is 4.99 Å². The highest BCUT2D eigenvalue weighted by atomic mass is 15.3. The molecule has 0 aromatic heterocycles. The van der Waals surface area contributed by atoms with Crippen molar-refractivity contribution in [1.29, 1.82) is 0 Å². The normalized spacial score (nSPS) is 20.7. The zero-order valence-corrected chi connectivity index (χ0v) is 16.2. The summed E-state index contributed by atoms with van der Waals surface area (Å²) in [7, 11) is 0. The molecule has 27 heavy (non-hydrogen) atoms. The van der Waals surface area contributed by atoms with Crippen LogP contribution in [0.4, 0.5) is 5.69 Å². The number of rotatable bonds is 6. The van der Waals surface area contributed by atoms with E-state index in [2.05, 4.69) is 66.2 Å². The summed E-state index contributed by atoms with van der Waals surface area (Å²) in [6, 6.07) is 17.4. The van der Waals surface area contributed by atoms with Gasteiger partial charge in [0.05, 0.1) is 11.7 Å². The largest absolute Gasteiger partial charge is 0.385 e. The Labute approximate surface area is 161 Å². The number of nitrogens with two attached hydrogens (primary N) is 1. The van der Waals surface area contributed by atoms with Crippen molar-refractivity contribution in [3.8, 4) is 0 Å². The molecule has 2 N–H and O–H groups in total. The first-order chi connectivity index (χ1) is 13.2. The topological polar surface area (TPSA) is 54.0 Å². The van der Waals surface area contributed by atoms with Crippen molar-refractivity contribution >= 4 is 17.4 Å². The maximum atomic E-state index is 6.34. The number of aliphatic imine (C=N–C) groups is 2. The summed E-state index contributed by atoms with van der Waals surface area (Å²) in [4.78, 5) is 12.1. The standard InChI is InChI=1S/C23H28N4/c1-3-5-10-20-26-21-22(18-8-6-7-9-19(18)25-23(21)24)27(20)15-17-13-11-16(4-2)12-14-17/h6-9,11-14,21-22H,3-5,10,15H2,1-2H3,(H2,24,25). The van der Waals surface area contributed by atoms with Crippen LogP contribution in [-0.2, 0) is 13.0 Å². The van der Waals surface area contributed by atoms with Crippen molar-refractivity contribution in [2.45, 2.75) is 58.2 Å². The van der Waals surface area contributed by atoms with E-state index in [4.69, 9.17) is 10.7 Å². The number of hydrogen-bond acceptors (Lipinski definition) is 4. The number of unbranched alkanes of at least 4 members (excludes halogenated alkanes) is 1. The van der Waals surface area contributed by atoms with E-state index in [1.54, 1.807) is 0 Å². The molecule has 4 rings (SSSR count). The van der Waals surface area contributed by atoms with Crippen molar-refractivity contribution in [2.75, 3.05) is 0 Å². The summed E-state index contributed by atoms with van der Waals surface area (Å²) in [5.74, 6) is 1.80. The summed E-state index contributed by atoms with van der Waals surface area (Å²) < 4.78 is 0. The van der Waals surface area contributed by atoms with Crippen LogP contribution in [0.15, 0.2) is 58.5 Å². The van der Waals surface area contributed by atoms with E-state index in [0.717, 1.165) is 37.9 Å². The summed E-state index contributed by atoms with van der Waals surface area (Å²) in [6.45, 7) is 5.27. The van der Waals surface area contributed by atoms with E-state index in [9.17, 15) is 0 Å². The minimum absolute atomic E-state index is 0.0679. The lowest BCUT2D eigenvalue weighted by molar-refractivity contribution is 0.319. The molecule has 0 bridgehead atoms. The van der Waals surface area contributed by atoms with Crippen LogP contribution in [0.1, 0.15) is 55.8 Å². The lowest BCUT2D eigenvalue weighted by Gasteiger charge is -2.33. The molecule has 0 radical (unpaired) electrons. The molecule has 2 aliphatic rings. The SMILES string of the molecule is CCCCC1=NC2C(N)=Nc3ccccc3C2N1Cc1ccc(CC)cc1. The second-order valence-corrected chi connectivity index (χ2v) is 7.43. The molecule has 0 amide bonds. The molecule has 2 unspecified atom stereocenters. The first-order valence-corrected chi connectivity index (χ1v) is 10.1. The van der Waals surface area contributed by atoms with Crippen molar-refractivity contribution in [1.82, 2.24) is 4.90 Å². The van der Waals surface area contributed by atoms with Gasteiger partial charge >= 0.3 is 0 Å². The van der Waals surface area contributed by atoms with Crippen LogP contribution >= 0.6 is 0 Å². The van der Waals surface area contributed by atoms with Gasteiger partial charge in [0.2, 0.25) is 0 Å². The Bertz CT molecular complexity index is 866. The monoisotopic (exact) mass is 360 g/mol. The molecule has 0 saturated carbocycles. The molecule has 0 spiro atoms.